The minimum Gasteiger partial charge on any atom is -0.548 e. The average molecular weight is 289 g/mol. The zero-order chi connectivity index (χ0) is 13.3. The Labute approximate surface area is 110 Å². The van der Waals surface area contributed by atoms with Crippen molar-refractivity contribution in [2.24, 2.45) is 0 Å². The number of carboxylic acids is 1. The van der Waals surface area contributed by atoms with E-state index in [1.54, 1.807) is 0 Å². The van der Waals surface area contributed by atoms with Crippen LogP contribution >= 0.6 is 11.6 Å². The van der Waals surface area contributed by atoms with Crippen molar-refractivity contribution in [2.45, 2.75) is 23.8 Å². The number of rotatable bonds is 3. The van der Waals surface area contributed by atoms with Crippen LogP contribution in [0.1, 0.15) is 12.8 Å². The van der Waals surface area contributed by atoms with E-state index in [1.165, 1.54) is 24.3 Å². The van der Waals surface area contributed by atoms with Gasteiger partial charge in [-0.15, -0.1) is 0 Å². The van der Waals surface area contributed by atoms with Gasteiger partial charge in [-0.3, -0.25) is 0 Å². The summed E-state index contributed by atoms with van der Waals surface area (Å²) in [6, 6.07) is 4.56. The molecule has 5 nitrogen and oxygen atoms in total. The van der Waals surface area contributed by atoms with Gasteiger partial charge in [0, 0.05) is 11.6 Å². The van der Waals surface area contributed by atoms with Gasteiger partial charge < -0.3 is 9.90 Å². The number of sulfonamides is 1. The largest absolute Gasteiger partial charge is 0.548 e. The number of hydrogen-bond donors (Lipinski definition) is 0. The van der Waals surface area contributed by atoms with Crippen molar-refractivity contribution >= 4 is 27.6 Å². The second kappa shape index (κ2) is 4.87. The lowest BCUT2D eigenvalue weighted by Crippen LogP contribution is -2.46. The summed E-state index contributed by atoms with van der Waals surface area (Å²) in [5.41, 5.74) is 0. The number of carboxylic acid groups (broad SMARTS) is 1. The molecule has 0 aromatic heterocycles. The van der Waals surface area contributed by atoms with E-state index in [4.69, 9.17) is 11.6 Å². The molecule has 1 aliphatic rings. The maximum absolute atomic E-state index is 12.3. The number of hydrogen-bond acceptors (Lipinski definition) is 4. The van der Waals surface area contributed by atoms with Crippen LogP contribution in [-0.4, -0.2) is 31.3 Å². The summed E-state index contributed by atoms with van der Waals surface area (Å²) >= 11 is 5.69. The van der Waals surface area contributed by atoms with Gasteiger partial charge in [-0.2, -0.15) is 4.31 Å². The van der Waals surface area contributed by atoms with Crippen LogP contribution in [0.2, 0.25) is 5.02 Å². The molecular weight excluding hydrogens is 278 g/mol. The fourth-order valence-corrected chi connectivity index (χ4v) is 3.78. The summed E-state index contributed by atoms with van der Waals surface area (Å²) < 4.78 is 25.5. The SMILES string of the molecule is O=C([O-])[C@H]1CCCN1S(=O)(=O)c1ccc(Cl)cc1. The molecule has 0 aliphatic carbocycles. The summed E-state index contributed by atoms with van der Waals surface area (Å²) in [5.74, 6) is -1.36. The molecule has 1 aliphatic heterocycles. The molecule has 0 N–H and O–H groups in total. The van der Waals surface area contributed by atoms with E-state index >= 15 is 0 Å². The third-order valence-corrected chi connectivity index (χ3v) is 5.07. The molecule has 7 heteroatoms. The molecule has 0 radical (unpaired) electrons. The Bertz CT molecular complexity index is 555. The minimum absolute atomic E-state index is 0.0417. The maximum atomic E-state index is 12.3. The third-order valence-electron chi connectivity index (χ3n) is 2.90. The summed E-state index contributed by atoms with van der Waals surface area (Å²) in [6.07, 6.45) is 0.806. The predicted molar refractivity (Wildman–Crippen MR) is 63.4 cm³/mol. The molecule has 1 aromatic rings. The fraction of sp³-hybridized carbons (Fsp3) is 0.364. The zero-order valence-corrected chi connectivity index (χ0v) is 10.9. The van der Waals surface area contributed by atoms with Gasteiger partial charge in [0.15, 0.2) is 0 Å². The first-order valence-corrected chi connectivity index (χ1v) is 7.23. The average Bonchev–Trinajstić information content (AvgIpc) is 2.79. The molecule has 1 aromatic carbocycles. The third kappa shape index (κ3) is 2.36. The molecule has 0 spiro atoms. The van der Waals surface area contributed by atoms with Crippen LogP contribution < -0.4 is 5.11 Å². The van der Waals surface area contributed by atoms with Crippen LogP contribution in [0.5, 0.6) is 0 Å². The van der Waals surface area contributed by atoms with E-state index in [2.05, 4.69) is 0 Å². The Kier molecular flexibility index (Phi) is 3.61. The minimum atomic E-state index is -3.80. The quantitative estimate of drug-likeness (QED) is 0.798. The summed E-state index contributed by atoms with van der Waals surface area (Å²) in [5, 5.41) is 11.3. The van der Waals surface area contributed by atoms with Crippen molar-refractivity contribution in [3.05, 3.63) is 29.3 Å². The highest BCUT2D eigenvalue weighted by Crippen LogP contribution is 2.26. The molecule has 0 bridgehead atoms. The maximum Gasteiger partial charge on any atom is 0.243 e. The molecular formula is C11H11ClNO4S-. The predicted octanol–water partition coefficient (Wildman–Crippen LogP) is 0.243. The summed E-state index contributed by atoms with van der Waals surface area (Å²) in [6.45, 7) is 0.198. The lowest BCUT2D eigenvalue weighted by atomic mass is 10.2. The van der Waals surface area contributed by atoms with E-state index in [-0.39, 0.29) is 17.9 Å². The van der Waals surface area contributed by atoms with Crippen molar-refractivity contribution < 1.29 is 18.3 Å². The molecule has 1 fully saturated rings. The highest BCUT2D eigenvalue weighted by Gasteiger charge is 2.35. The number of benzene rings is 1. The second-order valence-corrected chi connectivity index (χ2v) is 6.37. The molecule has 1 saturated heterocycles. The Hall–Kier alpha value is -1.11. The first kappa shape index (κ1) is 13.3. The van der Waals surface area contributed by atoms with Crippen LogP contribution in [0, 0.1) is 0 Å². The lowest BCUT2D eigenvalue weighted by Gasteiger charge is -2.24. The van der Waals surface area contributed by atoms with Gasteiger partial charge in [0.25, 0.3) is 0 Å². The number of aliphatic carboxylic acids is 1. The van der Waals surface area contributed by atoms with Crippen molar-refractivity contribution in [3.8, 4) is 0 Å². The molecule has 2 rings (SSSR count). The molecule has 0 unspecified atom stereocenters. The highest BCUT2D eigenvalue weighted by molar-refractivity contribution is 7.89. The topological polar surface area (TPSA) is 77.5 Å². The van der Waals surface area contributed by atoms with Crippen LogP contribution in [0.15, 0.2) is 29.2 Å². The van der Waals surface area contributed by atoms with Gasteiger partial charge in [-0.1, -0.05) is 11.6 Å². The van der Waals surface area contributed by atoms with Gasteiger partial charge in [0.2, 0.25) is 10.0 Å². The monoisotopic (exact) mass is 288 g/mol. The zero-order valence-electron chi connectivity index (χ0n) is 9.37. The van der Waals surface area contributed by atoms with Gasteiger partial charge in [0.1, 0.15) is 0 Å². The van der Waals surface area contributed by atoms with E-state index in [0.29, 0.717) is 11.4 Å². The Morgan fingerprint density at radius 3 is 2.50 bits per heavy atom. The van der Waals surface area contributed by atoms with Crippen LogP contribution in [0.4, 0.5) is 0 Å². The molecule has 1 atom stereocenters. The van der Waals surface area contributed by atoms with E-state index in [9.17, 15) is 18.3 Å². The van der Waals surface area contributed by atoms with Crippen molar-refractivity contribution in [1.82, 2.24) is 4.31 Å². The second-order valence-electron chi connectivity index (χ2n) is 4.05. The van der Waals surface area contributed by atoms with Crippen molar-refractivity contribution in [3.63, 3.8) is 0 Å². The molecule has 1 heterocycles. The van der Waals surface area contributed by atoms with E-state index < -0.39 is 22.0 Å². The number of carbonyl (C=O) groups is 1. The lowest BCUT2D eigenvalue weighted by molar-refractivity contribution is -0.309. The Balaban J connectivity index is 2.36. The van der Waals surface area contributed by atoms with Gasteiger partial charge in [-0.05, 0) is 37.1 Å². The van der Waals surface area contributed by atoms with Crippen molar-refractivity contribution in [1.29, 1.82) is 0 Å². The highest BCUT2D eigenvalue weighted by atomic mass is 35.5. The first-order valence-electron chi connectivity index (χ1n) is 5.41. The summed E-state index contributed by atoms with van der Waals surface area (Å²) in [7, 11) is -3.80. The van der Waals surface area contributed by atoms with E-state index in [0.717, 1.165) is 4.31 Å². The van der Waals surface area contributed by atoms with Gasteiger partial charge in [-0.25, -0.2) is 8.42 Å². The van der Waals surface area contributed by atoms with Crippen LogP contribution in [0.25, 0.3) is 0 Å². The number of halogens is 1. The molecule has 0 saturated carbocycles. The van der Waals surface area contributed by atoms with Crippen LogP contribution in [0.3, 0.4) is 0 Å². The summed E-state index contributed by atoms with van der Waals surface area (Å²) in [4.78, 5) is 10.9. The Morgan fingerprint density at radius 1 is 1.33 bits per heavy atom. The van der Waals surface area contributed by atoms with Gasteiger partial charge in [0.05, 0.1) is 16.9 Å². The number of nitrogens with zero attached hydrogens (tertiary/aromatic N) is 1. The fourth-order valence-electron chi connectivity index (χ4n) is 2.01. The standard InChI is InChI=1S/C11H12ClNO4S/c12-8-3-5-9(6-4-8)18(16,17)13-7-1-2-10(13)11(14)15/h3-6,10H,1-2,7H2,(H,14,15)/p-1/t10-/m1/s1. The number of carbonyl (C=O) groups excluding carboxylic acids is 1. The normalized spacial score (nSPS) is 21.1. The molecule has 0 amide bonds. The first-order chi connectivity index (χ1) is 8.43. The smallest absolute Gasteiger partial charge is 0.243 e. The van der Waals surface area contributed by atoms with Crippen molar-refractivity contribution in [2.75, 3.05) is 6.54 Å². The molecule has 98 valence electrons. The molecule has 18 heavy (non-hydrogen) atoms. The Morgan fingerprint density at radius 2 is 1.94 bits per heavy atom. The van der Waals surface area contributed by atoms with E-state index in [1.807, 2.05) is 0 Å². The van der Waals surface area contributed by atoms with Gasteiger partial charge >= 0.3 is 0 Å². The van der Waals surface area contributed by atoms with Crippen LogP contribution in [-0.2, 0) is 14.8 Å².